The summed E-state index contributed by atoms with van der Waals surface area (Å²) in [5.41, 5.74) is 1.43. The van der Waals surface area contributed by atoms with Crippen molar-refractivity contribution in [1.29, 1.82) is 0 Å². The van der Waals surface area contributed by atoms with Crippen molar-refractivity contribution >= 4 is 17.4 Å². The standard InChI is InChI=1S/C14H18N4O/c1-17-6-8-18(9-7-17)13-10-15-14(19)11-4-2-3-5-12(11)16-13/h2-5H,6-10H2,1H3,(H,15,19). The molecular formula is C14H18N4O. The Morgan fingerprint density at radius 1 is 1.16 bits per heavy atom. The number of hydrogen-bond acceptors (Lipinski definition) is 4. The van der Waals surface area contributed by atoms with Crippen LogP contribution in [0.3, 0.4) is 0 Å². The highest BCUT2D eigenvalue weighted by Crippen LogP contribution is 2.21. The van der Waals surface area contributed by atoms with Gasteiger partial charge < -0.3 is 15.1 Å². The van der Waals surface area contributed by atoms with E-state index in [0.29, 0.717) is 12.1 Å². The van der Waals surface area contributed by atoms with Crippen LogP contribution < -0.4 is 5.32 Å². The SMILES string of the molecule is CN1CCN(C2=Nc3ccccc3C(=O)NC2)CC1. The molecule has 100 valence electrons. The van der Waals surface area contributed by atoms with Crippen LogP contribution in [-0.4, -0.2) is 61.3 Å². The van der Waals surface area contributed by atoms with E-state index in [4.69, 9.17) is 0 Å². The van der Waals surface area contributed by atoms with Gasteiger partial charge in [0.1, 0.15) is 5.84 Å². The van der Waals surface area contributed by atoms with Gasteiger partial charge in [-0.25, -0.2) is 4.99 Å². The number of carbonyl (C=O) groups excluding carboxylic acids is 1. The molecule has 3 rings (SSSR count). The number of rotatable bonds is 0. The molecule has 1 aromatic rings. The van der Waals surface area contributed by atoms with Crippen LogP contribution in [0.15, 0.2) is 29.3 Å². The van der Waals surface area contributed by atoms with Crippen molar-refractivity contribution in [3.8, 4) is 0 Å². The minimum Gasteiger partial charge on any atom is -0.356 e. The minimum atomic E-state index is -0.0384. The van der Waals surface area contributed by atoms with Gasteiger partial charge in [0.05, 0.1) is 17.8 Å². The molecule has 0 radical (unpaired) electrons. The quantitative estimate of drug-likeness (QED) is 0.745. The number of fused-ring (bicyclic) bond motifs is 1. The van der Waals surface area contributed by atoms with Crippen LogP contribution >= 0.6 is 0 Å². The molecule has 2 heterocycles. The summed E-state index contributed by atoms with van der Waals surface area (Å²) in [5, 5.41) is 2.93. The fourth-order valence-electron chi connectivity index (χ4n) is 2.44. The van der Waals surface area contributed by atoms with E-state index in [1.807, 2.05) is 24.3 Å². The number of piperazine rings is 1. The van der Waals surface area contributed by atoms with E-state index in [1.165, 1.54) is 0 Å². The van der Waals surface area contributed by atoms with Crippen LogP contribution in [-0.2, 0) is 0 Å². The van der Waals surface area contributed by atoms with Gasteiger partial charge in [0, 0.05) is 26.2 Å². The minimum absolute atomic E-state index is 0.0384. The molecule has 1 saturated heterocycles. The molecule has 0 bridgehead atoms. The average molecular weight is 258 g/mol. The van der Waals surface area contributed by atoms with Crippen molar-refractivity contribution in [3.63, 3.8) is 0 Å². The summed E-state index contributed by atoms with van der Waals surface area (Å²) in [6.07, 6.45) is 0. The number of hydrogen-bond donors (Lipinski definition) is 1. The van der Waals surface area contributed by atoms with E-state index >= 15 is 0 Å². The number of likely N-dealkylation sites (N-methyl/N-ethyl adjacent to an activating group) is 1. The zero-order valence-electron chi connectivity index (χ0n) is 11.1. The van der Waals surface area contributed by atoms with E-state index < -0.39 is 0 Å². The van der Waals surface area contributed by atoms with Crippen LogP contribution in [0.4, 0.5) is 5.69 Å². The molecule has 5 heteroatoms. The summed E-state index contributed by atoms with van der Waals surface area (Å²) in [6.45, 7) is 4.52. The highest BCUT2D eigenvalue weighted by molar-refractivity contribution is 6.04. The van der Waals surface area contributed by atoms with Gasteiger partial charge in [-0.15, -0.1) is 0 Å². The summed E-state index contributed by atoms with van der Waals surface area (Å²) in [5.74, 6) is 0.926. The Hall–Kier alpha value is -1.88. The summed E-state index contributed by atoms with van der Waals surface area (Å²) >= 11 is 0. The lowest BCUT2D eigenvalue weighted by molar-refractivity contribution is 0.0959. The molecule has 19 heavy (non-hydrogen) atoms. The molecule has 5 nitrogen and oxygen atoms in total. The first-order chi connectivity index (χ1) is 9.24. The first-order valence-corrected chi connectivity index (χ1v) is 6.62. The highest BCUT2D eigenvalue weighted by atomic mass is 16.1. The van der Waals surface area contributed by atoms with Gasteiger partial charge in [0.2, 0.25) is 0 Å². The Morgan fingerprint density at radius 2 is 1.89 bits per heavy atom. The Bertz CT molecular complexity index is 518. The molecule has 0 aromatic heterocycles. The van der Waals surface area contributed by atoms with E-state index in [1.54, 1.807) is 0 Å². The van der Waals surface area contributed by atoms with Crippen molar-refractivity contribution in [1.82, 2.24) is 15.1 Å². The van der Waals surface area contributed by atoms with E-state index in [9.17, 15) is 4.79 Å². The molecule has 2 aliphatic heterocycles. The molecule has 1 N–H and O–H groups in total. The van der Waals surface area contributed by atoms with Gasteiger partial charge in [-0.3, -0.25) is 4.79 Å². The van der Waals surface area contributed by atoms with Crippen LogP contribution in [0.25, 0.3) is 0 Å². The zero-order chi connectivity index (χ0) is 13.2. The maximum absolute atomic E-state index is 12.0. The molecule has 0 spiro atoms. The zero-order valence-corrected chi connectivity index (χ0v) is 11.1. The Balaban J connectivity index is 1.88. The van der Waals surface area contributed by atoms with Gasteiger partial charge in [-0.05, 0) is 19.2 Å². The summed E-state index contributed by atoms with van der Waals surface area (Å²) < 4.78 is 0. The van der Waals surface area contributed by atoms with Crippen LogP contribution in [0, 0.1) is 0 Å². The smallest absolute Gasteiger partial charge is 0.253 e. The van der Waals surface area contributed by atoms with Crippen LogP contribution in [0.2, 0.25) is 0 Å². The second-order valence-corrected chi connectivity index (χ2v) is 5.02. The van der Waals surface area contributed by atoms with E-state index in [-0.39, 0.29) is 5.91 Å². The number of benzene rings is 1. The lowest BCUT2D eigenvalue weighted by atomic mass is 10.2. The highest BCUT2D eigenvalue weighted by Gasteiger charge is 2.22. The predicted molar refractivity (Wildman–Crippen MR) is 74.9 cm³/mol. The topological polar surface area (TPSA) is 47.9 Å². The Morgan fingerprint density at radius 3 is 2.68 bits per heavy atom. The molecule has 1 fully saturated rings. The third-order valence-electron chi connectivity index (χ3n) is 3.67. The Labute approximate surface area is 112 Å². The number of nitrogens with one attached hydrogen (secondary N) is 1. The maximum Gasteiger partial charge on any atom is 0.253 e. The van der Waals surface area contributed by atoms with Crippen molar-refractivity contribution < 1.29 is 4.79 Å². The third kappa shape index (κ3) is 2.46. The van der Waals surface area contributed by atoms with Crippen LogP contribution in [0.5, 0.6) is 0 Å². The predicted octanol–water partition coefficient (Wildman–Crippen LogP) is 0.707. The van der Waals surface area contributed by atoms with Crippen molar-refractivity contribution in [2.45, 2.75) is 0 Å². The lowest BCUT2D eigenvalue weighted by Gasteiger charge is -2.34. The van der Waals surface area contributed by atoms with Gasteiger partial charge in [0.25, 0.3) is 5.91 Å². The fourth-order valence-corrected chi connectivity index (χ4v) is 2.44. The number of amidine groups is 1. The lowest BCUT2D eigenvalue weighted by Crippen LogP contribution is -2.49. The average Bonchev–Trinajstić information content (AvgIpc) is 2.60. The van der Waals surface area contributed by atoms with Gasteiger partial charge in [-0.1, -0.05) is 12.1 Å². The van der Waals surface area contributed by atoms with Crippen molar-refractivity contribution in [2.75, 3.05) is 39.8 Å². The number of carbonyl (C=O) groups is 1. The molecule has 0 aliphatic carbocycles. The summed E-state index contributed by atoms with van der Waals surface area (Å²) in [7, 11) is 2.13. The largest absolute Gasteiger partial charge is 0.356 e. The maximum atomic E-state index is 12.0. The first kappa shape index (κ1) is 12.2. The second kappa shape index (κ2) is 5.01. The monoisotopic (exact) mass is 258 g/mol. The number of nitrogens with zero attached hydrogens (tertiary/aromatic N) is 3. The number of amides is 1. The fraction of sp³-hybridized carbons (Fsp3) is 0.429. The summed E-state index contributed by atoms with van der Waals surface area (Å²) in [4.78, 5) is 21.2. The van der Waals surface area contributed by atoms with Crippen molar-refractivity contribution in [3.05, 3.63) is 29.8 Å². The second-order valence-electron chi connectivity index (χ2n) is 5.02. The normalized spacial score (nSPS) is 20.4. The third-order valence-corrected chi connectivity index (χ3v) is 3.67. The summed E-state index contributed by atoms with van der Waals surface area (Å²) in [6, 6.07) is 7.51. The molecule has 0 saturated carbocycles. The molecule has 0 unspecified atom stereocenters. The van der Waals surface area contributed by atoms with Gasteiger partial charge >= 0.3 is 0 Å². The van der Waals surface area contributed by atoms with Crippen LogP contribution in [0.1, 0.15) is 10.4 Å². The number of aliphatic imine (C=N–C) groups is 1. The van der Waals surface area contributed by atoms with E-state index in [0.717, 1.165) is 37.7 Å². The molecule has 1 aromatic carbocycles. The number of para-hydroxylation sites is 1. The molecule has 0 atom stereocenters. The molecular weight excluding hydrogens is 240 g/mol. The molecule has 2 aliphatic rings. The first-order valence-electron chi connectivity index (χ1n) is 6.62. The Kier molecular flexibility index (Phi) is 3.21. The van der Waals surface area contributed by atoms with E-state index in [2.05, 4.69) is 27.2 Å². The molecule has 1 amide bonds. The van der Waals surface area contributed by atoms with Crippen molar-refractivity contribution in [2.24, 2.45) is 4.99 Å². The van der Waals surface area contributed by atoms with Gasteiger partial charge in [-0.2, -0.15) is 0 Å². The van der Waals surface area contributed by atoms with Gasteiger partial charge in [0.15, 0.2) is 0 Å².